The van der Waals surface area contributed by atoms with Crippen LogP contribution in [0.25, 0.3) is 0 Å². The molecule has 1 aromatic rings. The van der Waals surface area contributed by atoms with Crippen LogP contribution in [-0.2, 0) is 0 Å². The Morgan fingerprint density at radius 2 is 2.80 bits per heavy atom. The van der Waals surface area contributed by atoms with Crippen molar-refractivity contribution in [3.05, 3.63) is 24.5 Å². The van der Waals surface area contributed by atoms with Gasteiger partial charge in [0, 0.05) is 12.4 Å². The van der Waals surface area contributed by atoms with Crippen molar-refractivity contribution in [2.24, 2.45) is 0 Å². The van der Waals surface area contributed by atoms with Gasteiger partial charge in [-0.15, -0.1) is 0 Å². The summed E-state index contributed by atoms with van der Waals surface area (Å²) in [6, 6.07) is 1.95. The van der Waals surface area contributed by atoms with E-state index in [0.717, 1.165) is 4.98 Å². The first-order valence-corrected chi connectivity index (χ1v) is 1.43. The highest BCUT2D eigenvalue weighted by molar-refractivity contribution is 4.84. The molecule has 0 bridgehead atoms. The minimum absolute atomic E-state index is 0.384. The average Bonchev–Trinajstić information content (AvgIpc) is 1.87. The first-order valence-electron chi connectivity index (χ1n) is 2.37. The van der Waals surface area contributed by atoms with Crippen LogP contribution in [0.3, 0.4) is 0 Å². The van der Waals surface area contributed by atoms with Gasteiger partial charge in [0.15, 0.2) is 1.41 Å². The van der Waals surface area contributed by atoms with Crippen molar-refractivity contribution in [2.45, 2.75) is 0 Å². The number of aromatic nitrogens is 1. The van der Waals surface area contributed by atoms with Crippen molar-refractivity contribution in [2.75, 3.05) is 0 Å². The van der Waals surface area contributed by atoms with E-state index in [1.165, 1.54) is 12.4 Å². The van der Waals surface area contributed by atoms with Crippen molar-refractivity contribution in [3.8, 4) is 0 Å². The maximum atomic E-state index is 6.88. The zero-order valence-electron chi connectivity index (χ0n) is 4.68. The van der Waals surface area contributed by atoms with Crippen molar-refractivity contribution in [3.63, 3.8) is 0 Å². The molecule has 5 heavy (non-hydrogen) atoms. The molecule has 0 amide bonds. The van der Waals surface area contributed by atoms with E-state index in [2.05, 4.69) is 0 Å². The van der Waals surface area contributed by atoms with E-state index in [1.54, 1.807) is 6.07 Å². The van der Waals surface area contributed by atoms with Crippen LogP contribution in [-0.4, -0.2) is 4.98 Å². The number of aromatic amines is 1. The summed E-state index contributed by atoms with van der Waals surface area (Å²) in [4.78, 5) is 1.10. The maximum absolute atomic E-state index is 6.88. The Morgan fingerprint density at radius 1 is 1.80 bits per heavy atom. The first kappa shape index (κ1) is 1.17. The Bertz CT molecular complexity index is 142. The molecule has 0 saturated heterocycles. The highest BCUT2D eigenvalue weighted by Crippen LogP contribution is 1.72. The van der Waals surface area contributed by atoms with Crippen LogP contribution < -0.4 is 0 Å². The van der Waals surface area contributed by atoms with Gasteiger partial charge in [-0.2, -0.15) is 0 Å². The fraction of sp³-hybridized carbons (Fsp3) is 0. The number of rotatable bonds is 0. The number of nitrogens with one attached hydrogen (secondary N) is 1. The number of hydrogen-bond donors (Lipinski definition) is 1. The van der Waals surface area contributed by atoms with E-state index in [9.17, 15) is 0 Å². The molecule has 0 radical (unpaired) electrons. The molecule has 1 heteroatoms. The molecule has 1 N–H and O–H groups in total. The molecule has 0 unspecified atom stereocenters. The molecular weight excluding hydrogens is 62.1 g/mol. The van der Waals surface area contributed by atoms with Crippen LogP contribution in [0, 0.1) is 0 Å². The predicted octanol–water partition coefficient (Wildman–Crippen LogP) is 1.01. The molecule has 1 heterocycles. The van der Waals surface area contributed by atoms with E-state index in [1.807, 2.05) is 0 Å². The third-order valence-corrected chi connectivity index (χ3v) is 0.406. The predicted molar refractivity (Wildman–Crippen MR) is 20.8 cm³/mol. The molecule has 0 fully saturated rings. The van der Waals surface area contributed by atoms with Gasteiger partial charge in [0.2, 0.25) is 0 Å². The summed E-state index contributed by atoms with van der Waals surface area (Å²) in [6.07, 6.45) is 2.93. The molecule has 0 atom stereocenters. The Hall–Kier alpha value is -0.720. The number of H-pyrrole nitrogens is 1. The van der Waals surface area contributed by atoms with E-state index in [-0.39, 0.29) is 0 Å². The van der Waals surface area contributed by atoms with Crippen molar-refractivity contribution >= 4 is 0 Å². The summed E-state index contributed by atoms with van der Waals surface area (Å²) in [5, 5.41) is 0. The highest BCUT2D eigenvalue weighted by atomic mass is 14.6. The van der Waals surface area contributed by atoms with E-state index < -0.39 is 0 Å². The van der Waals surface area contributed by atoms with Gasteiger partial charge < -0.3 is 4.98 Å². The fourth-order valence-electron chi connectivity index (χ4n) is 0.215. The Kier molecular flexibility index (Phi) is 0.217. The SMILES string of the molecule is [2H]c1ccn([2H])c1. The first-order chi connectivity index (χ1) is 3.29. The molecule has 1 aromatic heterocycles. The van der Waals surface area contributed by atoms with Gasteiger partial charge in [-0.05, 0) is 12.1 Å². The normalized spacial score (nSPS) is 13.6. The second kappa shape index (κ2) is 0.931. The molecule has 1 rings (SSSR count). The van der Waals surface area contributed by atoms with Crippen molar-refractivity contribution in [1.82, 2.24) is 4.98 Å². The molecule has 0 spiro atoms. The minimum Gasteiger partial charge on any atom is -0.368 e. The Labute approximate surface area is 33.5 Å². The van der Waals surface area contributed by atoms with Crippen LogP contribution in [0.5, 0.6) is 0 Å². The van der Waals surface area contributed by atoms with Crippen molar-refractivity contribution in [1.29, 1.82) is 0 Å². The summed E-state index contributed by atoms with van der Waals surface area (Å²) >= 11 is 0. The van der Waals surface area contributed by atoms with Crippen molar-refractivity contribution < 1.29 is 2.78 Å². The molecular formula is C4H5N. The number of hydrogen-bond acceptors (Lipinski definition) is 0. The third kappa shape index (κ3) is 0.293. The quantitative estimate of drug-likeness (QED) is 0.468. The molecule has 0 aromatic carbocycles. The summed E-state index contributed by atoms with van der Waals surface area (Å²) < 4.78 is 13.7. The lowest BCUT2D eigenvalue weighted by molar-refractivity contribution is 1.42. The molecule has 0 aliphatic heterocycles. The zero-order valence-corrected chi connectivity index (χ0v) is 2.68. The van der Waals surface area contributed by atoms with E-state index >= 15 is 0 Å². The second-order valence-corrected chi connectivity index (χ2v) is 0.761. The second-order valence-electron chi connectivity index (χ2n) is 0.761. The lowest BCUT2D eigenvalue weighted by Gasteiger charge is -1.49. The van der Waals surface area contributed by atoms with Crippen LogP contribution >= 0.6 is 0 Å². The summed E-state index contributed by atoms with van der Waals surface area (Å²) in [5.74, 6) is 0. The summed E-state index contributed by atoms with van der Waals surface area (Å²) in [5.41, 5.74) is 0. The minimum atomic E-state index is 0.384. The average molecular weight is 69.1 g/mol. The maximum Gasteiger partial charge on any atom is 0.165 e. The topological polar surface area (TPSA) is 15.8 Å². The van der Waals surface area contributed by atoms with Gasteiger partial charge >= 0.3 is 0 Å². The highest BCUT2D eigenvalue weighted by Gasteiger charge is 1.55. The van der Waals surface area contributed by atoms with Crippen LogP contribution in [0.1, 0.15) is 1.37 Å². The van der Waals surface area contributed by atoms with E-state index in [0.29, 0.717) is 6.04 Å². The zero-order chi connectivity index (χ0) is 5.28. The fourth-order valence-corrected chi connectivity index (χ4v) is 0.215. The monoisotopic (exact) mass is 69.1 g/mol. The lowest BCUT2D eigenvalue weighted by atomic mass is 10.7. The van der Waals surface area contributed by atoms with Gasteiger partial charge in [0.25, 0.3) is 0 Å². The van der Waals surface area contributed by atoms with Gasteiger partial charge in [-0.25, -0.2) is 0 Å². The molecule has 0 saturated carbocycles. The van der Waals surface area contributed by atoms with E-state index in [4.69, 9.17) is 2.78 Å². The van der Waals surface area contributed by atoms with Crippen LogP contribution in [0.4, 0.5) is 0 Å². The van der Waals surface area contributed by atoms with Crippen LogP contribution in [0.15, 0.2) is 24.5 Å². The lowest BCUT2D eigenvalue weighted by Crippen LogP contribution is -1.38. The smallest absolute Gasteiger partial charge is 0.165 e. The summed E-state index contributed by atoms with van der Waals surface area (Å²) in [6.45, 7) is 0. The largest absolute Gasteiger partial charge is 0.368 e. The van der Waals surface area contributed by atoms with Gasteiger partial charge in [-0.1, -0.05) is 0 Å². The Balaban J connectivity index is 3.04. The molecule has 1 nitrogen and oxygen atoms in total. The van der Waals surface area contributed by atoms with Gasteiger partial charge in [0.05, 0.1) is 1.37 Å². The molecule has 0 aliphatic carbocycles. The standard InChI is InChI=1S/C4H5N/c1-2-4-5-3-1/h1-5H/i1D/hD. The Morgan fingerprint density at radius 3 is 3.00 bits per heavy atom. The summed E-state index contributed by atoms with van der Waals surface area (Å²) in [7, 11) is 0. The van der Waals surface area contributed by atoms with Gasteiger partial charge in [0.1, 0.15) is 0 Å². The van der Waals surface area contributed by atoms with Crippen LogP contribution in [0.2, 0.25) is 1.41 Å². The van der Waals surface area contributed by atoms with Gasteiger partial charge in [-0.3, -0.25) is 0 Å². The molecule has 26 valence electrons. The third-order valence-electron chi connectivity index (χ3n) is 0.406. The molecule has 0 aliphatic rings.